The molecule has 0 radical (unpaired) electrons. The van der Waals surface area contributed by atoms with Crippen LogP contribution in [0, 0.1) is 11.3 Å². The lowest BCUT2D eigenvalue weighted by Crippen LogP contribution is -2.26. The van der Waals surface area contributed by atoms with Gasteiger partial charge >= 0.3 is 6.18 Å². The third-order valence-corrected chi connectivity index (χ3v) is 5.30. The van der Waals surface area contributed by atoms with Crippen molar-refractivity contribution in [3.05, 3.63) is 89.4 Å². The van der Waals surface area contributed by atoms with Gasteiger partial charge in [-0.15, -0.1) is 0 Å². The maximum absolute atomic E-state index is 12.9. The van der Waals surface area contributed by atoms with Gasteiger partial charge in [0.2, 0.25) is 0 Å². The summed E-state index contributed by atoms with van der Waals surface area (Å²) in [5.41, 5.74) is 2.76. The topological polar surface area (TPSA) is 54.0 Å². The second-order valence-electron chi connectivity index (χ2n) is 8.05. The van der Waals surface area contributed by atoms with Crippen LogP contribution in [0.1, 0.15) is 36.2 Å². The summed E-state index contributed by atoms with van der Waals surface area (Å²) >= 11 is 0. The standard InChI is InChI=1S/C24H19F3N4/c1-23(2,12-16-6-4-3-5-7-16)21-18(13-28)14-29-22-20(15-30-31(21)22)17-8-10-19(11-9-17)24(25,26)27/h3-11,14-15H,12H2,1-2H3. The maximum Gasteiger partial charge on any atom is 0.416 e. The fourth-order valence-electron chi connectivity index (χ4n) is 3.90. The number of rotatable bonds is 4. The molecule has 0 aliphatic carbocycles. The van der Waals surface area contributed by atoms with E-state index in [1.807, 2.05) is 44.2 Å². The number of benzene rings is 2. The number of alkyl halides is 3. The molecule has 4 rings (SSSR count). The van der Waals surface area contributed by atoms with Crippen molar-refractivity contribution in [3.8, 4) is 17.2 Å². The smallest absolute Gasteiger partial charge is 0.235 e. The highest BCUT2D eigenvalue weighted by Crippen LogP contribution is 2.34. The highest BCUT2D eigenvalue weighted by atomic mass is 19.4. The van der Waals surface area contributed by atoms with Crippen LogP contribution in [0.3, 0.4) is 0 Å². The largest absolute Gasteiger partial charge is 0.416 e. The Bertz CT molecular complexity index is 1260. The summed E-state index contributed by atoms with van der Waals surface area (Å²) in [6, 6.07) is 17.1. The van der Waals surface area contributed by atoms with Gasteiger partial charge in [-0.25, -0.2) is 9.50 Å². The number of halogens is 3. The molecule has 0 atom stereocenters. The van der Waals surface area contributed by atoms with Crippen LogP contribution in [0.4, 0.5) is 13.2 Å². The normalized spacial score (nSPS) is 12.1. The molecule has 0 spiro atoms. The summed E-state index contributed by atoms with van der Waals surface area (Å²) in [5.74, 6) is 0. The maximum atomic E-state index is 12.9. The first-order valence-corrected chi connectivity index (χ1v) is 9.69. The van der Waals surface area contributed by atoms with E-state index in [1.165, 1.54) is 18.3 Å². The van der Waals surface area contributed by atoms with E-state index in [9.17, 15) is 18.4 Å². The second-order valence-corrected chi connectivity index (χ2v) is 8.05. The first-order valence-electron chi connectivity index (χ1n) is 9.69. The molecule has 0 fully saturated rings. The minimum Gasteiger partial charge on any atom is -0.235 e. The van der Waals surface area contributed by atoms with E-state index in [1.54, 1.807) is 10.7 Å². The van der Waals surface area contributed by atoms with E-state index in [2.05, 4.69) is 16.2 Å². The fraction of sp³-hybridized carbons (Fsp3) is 0.208. The molecule has 0 aliphatic heterocycles. The molecule has 4 aromatic rings. The predicted octanol–water partition coefficient (Wildman–Crippen LogP) is 5.81. The average Bonchev–Trinajstić information content (AvgIpc) is 3.16. The molecule has 2 aromatic heterocycles. The molecule has 31 heavy (non-hydrogen) atoms. The van der Waals surface area contributed by atoms with Crippen LogP contribution in [0.15, 0.2) is 67.0 Å². The molecule has 4 nitrogen and oxygen atoms in total. The number of fused-ring (bicyclic) bond motifs is 1. The minimum atomic E-state index is -4.39. The lowest BCUT2D eigenvalue weighted by atomic mass is 9.80. The summed E-state index contributed by atoms with van der Waals surface area (Å²) in [6.45, 7) is 4.07. The summed E-state index contributed by atoms with van der Waals surface area (Å²) in [6.07, 6.45) is -0.633. The van der Waals surface area contributed by atoms with Crippen molar-refractivity contribution in [1.29, 1.82) is 5.26 Å². The van der Waals surface area contributed by atoms with Gasteiger partial charge in [-0.3, -0.25) is 0 Å². The van der Waals surface area contributed by atoms with E-state index in [4.69, 9.17) is 0 Å². The van der Waals surface area contributed by atoms with Crippen LogP contribution in [0.2, 0.25) is 0 Å². The van der Waals surface area contributed by atoms with Gasteiger partial charge in [0.15, 0.2) is 5.65 Å². The summed E-state index contributed by atoms with van der Waals surface area (Å²) in [4.78, 5) is 4.40. The van der Waals surface area contributed by atoms with Crippen LogP contribution in [-0.2, 0) is 18.0 Å². The number of aromatic nitrogens is 3. The Hall–Kier alpha value is -3.66. The Labute approximate surface area is 177 Å². The molecule has 2 aromatic carbocycles. The molecule has 0 saturated carbocycles. The zero-order valence-electron chi connectivity index (χ0n) is 17.0. The number of nitriles is 1. The van der Waals surface area contributed by atoms with Crippen molar-refractivity contribution in [2.24, 2.45) is 0 Å². The average molecular weight is 420 g/mol. The van der Waals surface area contributed by atoms with Gasteiger partial charge < -0.3 is 0 Å². The molecule has 2 heterocycles. The van der Waals surface area contributed by atoms with Gasteiger partial charge in [0.1, 0.15) is 6.07 Å². The predicted molar refractivity (Wildman–Crippen MR) is 111 cm³/mol. The molecular weight excluding hydrogens is 401 g/mol. The highest BCUT2D eigenvalue weighted by Gasteiger charge is 2.31. The quantitative estimate of drug-likeness (QED) is 0.419. The molecule has 0 amide bonds. The summed E-state index contributed by atoms with van der Waals surface area (Å²) < 4.78 is 40.3. The molecule has 7 heteroatoms. The molecule has 0 bridgehead atoms. The molecule has 156 valence electrons. The molecular formula is C24H19F3N4. The van der Waals surface area contributed by atoms with Gasteiger partial charge in [0, 0.05) is 17.2 Å². The molecule has 0 N–H and O–H groups in total. The van der Waals surface area contributed by atoms with Crippen LogP contribution < -0.4 is 0 Å². The Morgan fingerprint density at radius 3 is 2.26 bits per heavy atom. The lowest BCUT2D eigenvalue weighted by Gasteiger charge is -2.26. The van der Waals surface area contributed by atoms with E-state index in [-0.39, 0.29) is 0 Å². The van der Waals surface area contributed by atoms with Gasteiger partial charge in [-0.05, 0) is 29.7 Å². The molecule has 0 aliphatic rings. The summed E-state index contributed by atoms with van der Waals surface area (Å²) in [5, 5.41) is 14.2. The number of hydrogen-bond donors (Lipinski definition) is 0. The monoisotopic (exact) mass is 420 g/mol. The first kappa shape index (κ1) is 20.6. The van der Waals surface area contributed by atoms with Crippen LogP contribution in [0.5, 0.6) is 0 Å². The van der Waals surface area contributed by atoms with Gasteiger partial charge in [0.05, 0.1) is 23.0 Å². The van der Waals surface area contributed by atoms with E-state index in [0.29, 0.717) is 34.5 Å². The highest BCUT2D eigenvalue weighted by molar-refractivity contribution is 5.77. The Kier molecular flexibility index (Phi) is 5.02. The zero-order chi connectivity index (χ0) is 22.2. The third-order valence-electron chi connectivity index (χ3n) is 5.30. The first-order chi connectivity index (χ1) is 14.7. The van der Waals surface area contributed by atoms with Gasteiger partial charge in [-0.1, -0.05) is 56.3 Å². The van der Waals surface area contributed by atoms with Crippen LogP contribution in [0.25, 0.3) is 16.8 Å². The van der Waals surface area contributed by atoms with Gasteiger partial charge in [0.25, 0.3) is 0 Å². The van der Waals surface area contributed by atoms with Crippen molar-refractivity contribution in [3.63, 3.8) is 0 Å². The summed E-state index contributed by atoms with van der Waals surface area (Å²) in [7, 11) is 0. The fourth-order valence-corrected chi connectivity index (χ4v) is 3.90. The number of nitrogens with zero attached hydrogens (tertiary/aromatic N) is 4. The van der Waals surface area contributed by atoms with Crippen molar-refractivity contribution < 1.29 is 13.2 Å². The van der Waals surface area contributed by atoms with Crippen LogP contribution >= 0.6 is 0 Å². The Morgan fingerprint density at radius 1 is 0.968 bits per heavy atom. The Morgan fingerprint density at radius 2 is 1.65 bits per heavy atom. The van der Waals surface area contributed by atoms with Crippen molar-refractivity contribution in [2.45, 2.75) is 31.9 Å². The Balaban J connectivity index is 1.82. The SMILES string of the molecule is CC(C)(Cc1ccccc1)c1c(C#N)cnc2c(-c3ccc(C(F)(F)F)cc3)cnn12. The number of hydrogen-bond acceptors (Lipinski definition) is 3. The minimum absolute atomic E-state index is 0.413. The third kappa shape index (κ3) is 3.89. The van der Waals surface area contributed by atoms with Crippen molar-refractivity contribution >= 4 is 5.65 Å². The zero-order valence-corrected chi connectivity index (χ0v) is 17.0. The molecule has 0 saturated heterocycles. The van der Waals surface area contributed by atoms with Gasteiger partial charge in [-0.2, -0.15) is 23.5 Å². The van der Waals surface area contributed by atoms with Crippen LogP contribution in [-0.4, -0.2) is 14.6 Å². The van der Waals surface area contributed by atoms with Crippen molar-refractivity contribution in [2.75, 3.05) is 0 Å². The lowest BCUT2D eigenvalue weighted by molar-refractivity contribution is -0.137. The second kappa shape index (κ2) is 7.55. The molecule has 0 unspecified atom stereocenters. The van der Waals surface area contributed by atoms with E-state index in [0.717, 1.165) is 17.7 Å². The van der Waals surface area contributed by atoms with E-state index >= 15 is 0 Å². The van der Waals surface area contributed by atoms with Crippen molar-refractivity contribution in [1.82, 2.24) is 14.6 Å². The van der Waals surface area contributed by atoms with E-state index < -0.39 is 17.2 Å².